The average Bonchev–Trinajstić information content (AvgIpc) is 3.05. The minimum absolute atomic E-state index is 0.648. The minimum atomic E-state index is 0.648. The largest absolute Gasteiger partial charge is 0.497 e. The maximum Gasteiger partial charge on any atom is 0.162 e. The summed E-state index contributed by atoms with van der Waals surface area (Å²) in [6.45, 7) is 1.88. The number of aromatic nitrogens is 1. The minimum Gasteiger partial charge on any atom is -0.497 e. The molecule has 4 nitrogen and oxygen atoms in total. The van der Waals surface area contributed by atoms with Crippen LogP contribution in [0.4, 0.5) is 0 Å². The Hall–Kier alpha value is -2.85. The summed E-state index contributed by atoms with van der Waals surface area (Å²) in [5.74, 6) is 1.46. The molecule has 0 radical (unpaired) electrons. The van der Waals surface area contributed by atoms with Crippen LogP contribution in [0.5, 0.6) is 5.75 Å². The van der Waals surface area contributed by atoms with Crippen molar-refractivity contribution < 1.29 is 9.26 Å². The maximum absolute atomic E-state index is 5.98. The maximum atomic E-state index is 5.98. The van der Waals surface area contributed by atoms with Crippen molar-refractivity contribution in [3.63, 3.8) is 0 Å². The van der Waals surface area contributed by atoms with Gasteiger partial charge in [-0.05, 0) is 48.9 Å². The van der Waals surface area contributed by atoms with Crippen LogP contribution in [-0.4, -0.2) is 18.5 Å². The second kappa shape index (κ2) is 7.81. The van der Waals surface area contributed by atoms with Crippen LogP contribution < -0.4 is 4.74 Å². The van der Waals surface area contributed by atoms with E-state index >= 15 is 0 Å². The van der Waals surface area contributed by atoms with E-state index in [0.29, 0.717) is 10.8 Å². The molecule has 0 saturated heterocycles. The lowest BCUT2D eigenvalue weighted by Crippen LogP contribution is -1.86. The number of aryl methyl sites for hydroxylation is 1. The summed E-state index contributed by atoms with van der Waals surface area (Å²) >= 11 is 5.98. The predicted molar refractivity (Wildman–Crippen MR) is 101 cm³/mol. The first-order chi connectivity index (χ1) is 12.1. The Morgan fingerprint density at radius 2 is 1.84 bits per heavy atom. The number of ether oxygens (including phenoxy) is 1. The van der Waals surface area contributed by atoms with Crippen LogP contribution in [0.25, 0.3) is 11.8 Å². The van der Waals surface area contributed by atoms with E-state index in [2.05, 4.69) is 10.1 Å². The van der Waals surface area contributed by atoms with Crippen LogP contribution in [-0.2, 0) is 0 Å². The molecule has 1 aromatic heterocycles. The van der Waals surface area contributed by atoms with Crippen molar-refractivity contribution in [1.82, 2.24) is 5.16 Å². The Morgan fingerprint density at radius 1 is 1.12 bits per heavy atom. The fraction of sp³-hybridized carbons (Fsp3) is 0.100. The second-order valence-electron chi connectivity index (χ2n) is 5.44. The zero-order valence-electron chi connectivity index (χ0n) is 13.9. The van der Waals surface area contributed by atoms with Gasteiger partial charge in [-0.1, -0.05) is 28.9 Å². The zero-order valence-corrected chi connectivity index (χ0v) is 14.7. The van der Waals surface area contributed by atoms with Crippen molar-refractivity contribution in [1.29, 1.82) is 0 Å². The van der Waals surface area contributed by atoms with Crippen molar-refractivity contribution in [3.8, 4) is 5.75 Å². The molecule has 0 aliphatic carbocycles. The molecule has 2 aromatic carbocycles. The van der Waals surface area contributed by atoms with Crippen LogP contribution in [0.3, 0.4) is 0 Å². The number of rotatable bonds is 5. The van der Waals surface area contributed by atoms with E-state index in [0.717, 1.165) is 28.3 Å². The summed E-state index contributed by atoms with van der Waals surface area (Å²) in [7, 11) is 1.64. The quantitative estimate of drug-likeness (QED) is 0.588. The lowest BCUT2D eigenvalue weighted by molar-refractivity contribution is 0.408. The number of halogens is 1. The van der Waals surface area contributed by atoms with Gasteiger partial charge in [-0.25, -0.2) is 0 Å². The summed E-state index contributed by atoms with van der Waals surface area (Å²) < 4.78 is 10.4. The molecular formula is C20H17ClN2O2. The Bertz CT molecular complexity index is 894. The van der Waals surface area contributed by atoms with E-state index in [1.165, 1.54) is 0 Å². The molecule has 1 heterocycles. The van der Waals surface area contributed by atoms with Crippen LogP contribution >= 0.6 is 11.6 Å². The smallest absolute Gasteiger partial charge is 0.162 e. The summed E-state index contributed by atoms with van der Waals surface area (Å²) in [6.07, 6.45) is 3.65. The normalized spacial score (nSPS) is 11.9. The van der Waals surface area contributed by atoms with Crippen molar-refractivity contribution in [3.05, 3.63) is 82.2 Å². The molecule has 0 bridgehead atoms. The third kappa shape index (κ3) is 4.58. The van der Waals surface area contributed by atoms with Gasteiger partial charge in [0.2, 0.25) is 0 Å². The molecule has 0 unspecified atom stereocenters. The highest BCUT2D eigenvalue weighted by atomic mass is 35.5. The van der Waals surface area contributed by atoms with E-state index < -0.39 is 0 Å². The van der Waals surface area contributed by atoms with Gasteiger partial charge in [-0.3, -0.25) is 4.99 Å². The average molecular weight is 353 g/mol. The van der Waals surface area contributed by atoms with E-state index in [4.69, 9.17) is 20.9 Å². The highest BCUT2D eigenvalue weighted by Crippen LogP contribution is 2.22. The van der Waals surface area contributed by atoms with Gasteiger partial charge in [0.1, 0.15) is 5.75 Å². The van der Waals surface area contributed by atoms with Crippen molar-refractivity contribution >= 4 is 29.6 Å². The molecule has 0 aliphatic heterocycles. The molecule has 25 heavy (non-hydrogen) atoms. The molecule has 0 N–H and O–H groups in total. The topological polar surface area (TPSA) is 47.6 Å². The number of nitrogens with zero attached hydrogens (tertiary/aromatic N) is 2. The number of benzene rings is 2. The SMILES string of the molecule is COc1ccc(C=N/C(=C\c2cc(C)no2)c2ccc(Cl)cc2)cc1. The molecule has 0 saturated carbocycles. The lowest BCUT2D eigenvalue weighted by atomic mass is 10.1. The third-order valence-electron chi connectivity index (χ3n) is 3.53. The summed E-state index contributed by atoms with van der Waals surface area (Å²) in [6, 6.07) is 17.0. The molecule has 0 amide bonds. The van der Waals surface area contributed by atoms with Crippen molar-refractivity contribution in [2.45, 2.75) is 6.92 Å². The monoisotopic (exact) mass is 352 g/mol. The van der Waals surface area contributed by atoms with Crippen molar-refractivity contribution in [2.24, 2.45) is 4.99 Å². The molecule has 0 spiro atoms. The molecular weight excluding hydrogens is 336 g/mol. The van der Waals surface area contributed by atoms with E-state index in [-0.39, 0.29) is 0 Å². The van der Waals surface area contributed by atoms with Gasteiger partial charge in [0.15, 0.2) is 5.76 Å². The number of aliphatic imine (C=N–C) groups is 1. The molecule has 3 aromatic rings. The first kappa shape index (κ1) is 17.0. The van der Waals surface area contributed by atoms with Crippen LogP contribution in [0.1, 0.15) is 22.6 Å². The van der Waals surface area contributed by atoms with Gasteiger partial charge in [0.25, 0.3) is 0 Å². The van der Waals surface area contributed by atoms with Gasteiger partial charge in [0, 0.05) is 28.9 Å². The Morgan fingerprint density at radius 3 is 2.44 bits per heavy atom. The summed E-state index contributed by atoms with van der Waals surface area (Å²) in [5, 5.41) is 4.59. The number of hydrogen-bond acceptors (Lipinski definition) is 4. The van der Waals surface area contributed by atoms with E-state index in [1.54, 1.807) is 13.3 Å². The van der Waals surface area contributed by atoms with Crippen LogP contribution in [0.15, 0.2) is 64.1 Å². The summed E-state index contributed by atoms with van der Waals surface area (Å²) in [5.41, 5.74) is 3.47. The first-order valence-corrected chi connectivity index (χ1v) is 8.11. The number of methoxy groups -OCH3 is 1. The Labute approximate surface area is 151 Å². The summed E-state index contributed by atoms with van der Waals surface area (Å²) in [4.78, 5) is 4.62. The van der Waals surface area contributed by atoms with Gasteiger partial charge < -0.3 is 9.26 Å². The van der Waals surface area contributed by atoms with Gasteiger partial charge >= 0.3 is 0 Å². The van der Waals surface area contributed by atoms with Gasteiger partial charge in [-0.15, -0.1) is 0 Å². The highest BCUT2D eigenvalue weighted by molar-refractivity contribution is 6.30. The number of hydrogen-bond donors (Lipinski definition) is 0. The Balaban J connectivity index is 1.93. The van der Waals surface area contributed by atoms with Crippen LogP contribution in [0, 0.1) is 6.92 Å². The first-order valence-electron chi connectivity index (χ1n) is 7.73. The zero-order chi connectivity index (χ0) is 17.6. The van der Waals surface area contributed by atoms with Gasteiger partial charge in [0.05, 0.1) is 18.5 Å². The third-order valence-corrected chi connectivity index (χ3v) is 3.79. The molecule has 0 aliphatic rings. The lowest BCUT2D eigenvalue weighted by Gasteiger charge is -2.03. The van der Waals surface area contributed by atoms with Gasteiger partial charge in [-0.2, -0.15) is 0 Å². The van der Waals surface area contributed by atoms with E-state index in [9.17, 15) is 0 Å². The van der Waals surface area contributed by atoms with E-state index in [1.807, 2.05) is 67.6 Å². The highest BCUT2D eigenvalue weighted by Gasteiger charge is 2.04. The van der Waals surface area contributed by atoms with Crippen LogP contribution in [0.2, 0.25) is 5.02 Å². The fourth-order valence-corrected chi connectivity index (χ4v) is 2.36. The van der Waals surface area contributed by atoms with Crippen molar-refractivity contribution in [2.75, 3.05) is 7.11 Å². The molecule has 5 heteroatoms. The standard InChI is InChI=1S/C20H17ClN2O2/c1-14-11-19(25-23-14)12-20(16-5-7-17(21)8-6-16)22-13-15-3-9-18(24-2)10-4-15/h3-13H,1-2H3/b20-12-,22-13?. The molecule has 126 valence electrons. The Kier molecular flexibility index (Phi) is 5.31. The molecule has 3 rings (SSSR count). The molecule has 0 fully saturated rings. The fourth-order valence-electron chi connectivity index (χ4n) is 2.24. The predicted octanol–water partition coefficient (Wildman–Crippen LogP) is 5.26. The second-order valence-corrected chi connectivity index (χ2v) is 5.87. The molecule has 0 atom stereocenters.